The molecule has 1 amide bonds. The van der Waals surface area contributed by atoms with Gasteiger partial charge in [0.2, 0.25) is 0 Å². The van der Waals surface area contributed by atoms with Crippen molar-refractivity contribution in [3.05, 3.63) is 24.3 Å². The van der Waals surface area contributed by atoms with Crippen molar-refractivity contribution < 1.29 is 32.0 Å². The molecule has 0 aliphatic carbocycles. The second kappa shape index (κ2) is 7.92. The molecule has 156 valence electrons. The molecule has 7 nitrogen and oxygen atoms in total. The van der Waals surface area contributed by atoms with E-state index in [0.717, 1.165) is 0 Å². The normalized spacial score (nSPS) is 20.7. The highest BCUT2D eigenvalue weighted by Gasteiger charge is 2.51. The standard InChI is InChI=1S/C18H24F2N2O5S/c1-17(2,3)27-16(23)21-10-18(11-21)12-22(8-9-25-18)28(24)14-6-4-13(5-7-14)26-15(19)20/h4-7,15H,8-12H2,1-3H3. The summed E-state index contributed by atoms with van der Waals surface area (Å²) in [6, 6.07) is 5.74. The molecule has 28 heavy (non-hydrogen) atoms. The van der Waals surface area contributed by atoms with Gasteiger partial charge >= 0.3 is 12.7 Å². The first-order valence-corrected chi connectivity index (χ1v) is 10.0. The molecular formula is C18H24F2N2O5S. The van der Waals surface area contributed by atoms with Gasteiger partial charge in [0.05, 0.1) is 24.6 Å². The Hall–Kier alpha value is -1.78. The Kier molecular flexibility index (Phi) is 5.92. The molecule has 1 spiro atoms. The zero-order valence-electron chi connectivity index (χ0n) is 16.0. The van der Waals surface area contributed by atoms with Crippen LogP contribution in [-0.2, 0) is 20.5 Å². The van der Waals surface area contributed by atoms with E-state index in [1.54, 1.807) is 30.0 Å². The van der Waals surface area contributed by atoms with Crippen molar-refractivity contribution in [1.82, 2.24) is 9.21 Å². The molecule has 0 aromatic heterocycles. The summed E-state index contributed by atoms with van der Waals surface area (Å²) < 4.78 is 54.6. The third kappa shape index (κ3) is 4.98. The van der Waals surface area contributed by atoms with Crippen molar-refractivity contribution >= 4 is 17.1 Å². The van der Waals surface area contributed by atoms with Gasteiger partial charge < -0.3 is 19.1 Å². The van der Waals surface area contributed by atoms with E-state index in [-0.39, 0.29) is 5.75 Å². The summed E-state index contributed by atoms with van der Waals surface area (Å²) in [5.74, 6) is 0.0150. The van der Waals surface area contributed by atoms with Gasteiger partial charge in [-0.05, 0) is 45.0 Å². The summed E-state index contributed by atoms with van der Waals surface area (Å²) in [6.45, 7) is 4.51. The van der Waals surface area contributed by atoms with Crippen molar-refractivity contribution in [2.45, 2.75) is 43.5 Å². The number of nitrogens with zero attached hydrogens (tertiary/aromatic N) is 2. The lowest BCUT2D eigenvalue weighted by Gasteiger charge is -2.53. The van der Waals surface area contributed by atoms with Crippen LogP contribution in [-0.4, -0.2) is 70.1 Å². The molecule has 1 unspecified atom stereocenters. The minimum Gasteiger partial charge on any atom is -0.444 e. The molecule has 2 saturated heterocycles. The number of likely N-dealkylation sites (tertiary alicyclic amines) is 1. The van der Waals surface area contributed by atoms with Crippen LogP contribution in [0.25, 0.3) is 0 Å². The predicted octanol–water partition coefficient (Wildman–Crippen LogP) is 2.63. The minimum atomic E-state index is -2.90. The largest absolute Gasteiger partial charge is 0.444 e. The first-order chi connectivity index (χ1) is 13.1. The number of hydrogen-bond acceptors (Lipinski definition) is 5. The zero-order valence-corrected chi connectivity index (χ0v) is 16.8. The van der Waals surface area contributed by atoms with Gasteiger partial charge in [0.25, 0.3) is 0 Å². The average molecular weight is 418 g/mol. The number of hydrogen-bond donors (Lipinski definition) is 0. The molecule has 1 aromatic carbocycles. The number of carbonyl (C=O) groups is 1. The Bertz CT molecular complexity index is 732. The van der Waals surface area contributed by atoms with E-state index in [0.29, 0.717) is 37.7 Å². The van der Waals surface area contributed by atoms with Crippen LogP contribution < -0.4 is 4.74 Å². The van der Waals surface area contributed by atoms with Gasteiger partial charge in [0, 0.05) is 13.1 Å². The van der Waals surface area contributed by atoms with Gasteiger partial charge in [0.15, 0.2) is 0 Å². The number of rotatable bonds is 4. The summed E-state index contributed by atoms with van der Waals surface area (Å²) in [6.07, 6.45) is -0.394. The van der Waals surface area contributed by atoms with E-state index in [4.69, 9.17) is 9.47 Å². The Morgan fingerprint density at radius 2 is 1.86 bits per heavy atom. The highest BCUT2D eigenvalue weighted by atomic mass is 32.2. The van der Waals surface area contributed by atoms with Crippen molar-refractivity contribution in [1.29, 1.82) is 0 Å². The first kappa shape index (κ1) is 20.9. The monoisotopic (exact) mass is 418 g/mol. The number of alkyl halides is 2. The molecule has 10 heteroatoms. The van der Waals surface area contributed by atoms with Crippen LogP contribution in [0.1, 0.15) is 20.8 Å². The maximum absolute atomic E-state index is 12.9. The van der Waals surface area contributed by atoms with Crippen LogP contribution >= 0.6 is 0 Å². The molecular weight excluding hydrogens is 394 g/mol. The van der Waals surface area contributed by atoms with Gasteiger partial charge in [-0.1, -0.05) is 0 Å². The molecule has 0 radical (unpaired) electrons. The number of carbonyl (C=O) groups excluding carboxylic acids is 1. The maximum Gasteiger partial charge on any atom is 0.410 e. The quantitative estimate of drug-likeness (QED) is 0.752. The highest BCUT2D eigenvalue weighted by molar-refractivity contribution is 7.82. The molecule has 1 atom stereocenters. The van der Waals surface area contributed by atoms with Crippen LogP contribution in [0.5, 0.6) is 5.75 Å². The average Bonchev–Trinajstić information content (AvgIpc) is 2.57. The van der Waals surface area contributed by atoms with Crippen LogP contribution in [0, 0.1) is 0 Å². The van der Waals surface area contributed by atoms with Crippen molar-refractivity contribution in [2.24, 2.45) is 0 Å². The lowest BCUT2D eigenvalue weighted by Crippen LogP contribution is -2.71. The lowest BCUT2D eigenvalue weighted by molar-refractivity contribution is -0.165. The van der Waals surface area contributed by atoms with Crippen molar-refractivity contribution in [3.63, 3.8) is 0 Å². The van der Waals surface area contributed by atoms with Gasteiger partial charge in [-0.15, -0.1) is 0 Å². The van der Waals surface area contributed by atoms with Crippen molar-refractivity contribution in [3.8, 4) is 5.75 Å². The highest BCUT2D eigenvalue weighted by Crippen LogP contribution is 2.32. The second-order valence-corrected chi connectivity index (χ2v) is 9.32. The van der Waals surface area contributed by atoms with Crippen LogP contribution in [0.3, 0.4) is 0 Å². The number of halogens is 2. The Morgan fingerprint density at radius 3 is 2.43 bits per heavy atom. The van der Waals surface area contributed by atoms with Crippen LogP contribution in [0.4, 0.5) is 13.6 Å². The second-order valence-electron chi connectivity index (χ2n) is 7.83. The fraction of sp³-hybridized carbons (Fsp3) is 0.611. The third-order valence-corrected chi connectivity index (χ3v) is 5.76. The molecule has 2 aliphatic heterocycles. The van der Waals surface area contributed by atoms with Crippen LogP contribution in [0.15, 0.2) is 29.2 Å². The fourth-order valence-electron chi connectivity index (χ4n) is 3.13. The van der Waals surface area contributed by atoms with E-state index < -0.39 is 34.9 Å². The van der Waals surface area contributed by atoms with Gasteiger partial charge in [0.1, 0.15) is 27.9 Å². The summed E-state index contributed by atoms with van der Waals surface area (Å²) in [7, 11) is -1.47. The number of amides is 1. The van der Waals surface area contributed by atoms with E-state index >= 15 is 0 Å². The molecule has 2 aliphatic rings. The first-order valence-electron chi connectivity index (χ1n) is 8.91. The van der Waals surface area contributed by atoms with E-state index in [1.807, 2.05) is 0 Å². The van der Waals surface area contributed by atoms with E-state index in [1.165, 1.54) is 24.3 Å². The summed E-state index contributed by atoms with van der Waals surface area (Å²) in [5, 5.41) is 0. The zero-order chi connectivity index (χ0) is 20.5. The molecule has 0 bridgehead atoms. The summed E-state index contributed by atoms with van der Waals surface area (Å²) >= 11 is 0. The Balaban J connectivity index is 1.58. The van der Waals surface area contributed by atoms with Crippen molar-refractivity contribution in [2.75, 3.05) is 32.8 Å². The summed E-state index contributed by atoms with van der Waals surface area (Å²) in [5.41, 5.74) is -1.13. The molecule has 0 N–H and O–H groups in total. The fourth-order valence-corrected chi connectivity index (χ4v) is 4.39. The Morgan fingerprint density at radius 1 is 1.21 bits per heavy atom. The van der Waals surface area contributed by atoms with Gasteiger partial charge in [-0.2, -0.15) is 8.78 Å². The number of morpholine rings is 1. The molecule has 2 fully saturated rings. The topological polar surface area (TPSA) is 68.3 Å². The Labute approximate surface area is 165 Å². The minimum absolute atomic E-state index is 0.0150. The van der Waals surface area contributed by atoms with E-state index in [2.05, 4.69) is 4.74 Å². The van der Waals surface area contributed by atoms with Gasteiger partial charge in [-0.25, -0.2) is 13.3 Å². The lowest BCUT2D eigenvalue weighted by atomic mass is 9.93. The number of benzene rings is 1. The number of ether oxygens (including phenoxy) is 3. The molecule has 0 saturated carbocycles. The third-order valence-electron chi connectivity index (χ3n) is 4.31. The molecule has 2 heterocycles. The van der Waals surface area contributed by atoms with E-state index in [9.17, 15) is 17.8 Å². The molecule has 1 aromatic rings. The van der Waals surface area contributed by atoms with Crippen LogP contribution in [0.2, 0.25) is 0 Å². The summed E-state index contributed by atoms with van der Waals surface area (Å²) in [4.78, 5) is 14.2. The predicted molar refractivity (Wildman–Crippen MR) is 97.5 cm³/mol. The maximum atomic E-state index is 12.9. The van der Waals surface area contributed by atoms with Gasteiger partial charge in [-0.3, -0.25) is 0 Å². The smallest absolute Gasteiger partial charge is 0.410 e. The molecule has 3 rings (SSSR count). The SMILES string of the molecule is CC(C)(C)OC(=O)N1CC2(C1)CN(S(=O)c1ccc(OC(F)F)cc1)CCO2.